The van der Waals surface area contributed by atoms with Crippen LogP contribution >= 0.6 is 0 Å². The topological polar surface area (TPSA) is 105 Å². The van der Waals surface area contributed by atoms with Crippen molar-refractivity contribution in [3.8, 4) is 11.3 Å². The summed E-state index contributed by atoms with van der Waals surface area (Å²) in [6, 6.07) is 8.63. The van der Waals surface area contributed by atoms with Crippen LogP contribution in [0.4, 0.5) is 5.82 Å². The number of nitrogens with zero attached hydrogens (tertiary/aromatic N) is 4. The van der Waals surface area contributed by atoms with E-state index in [9.17, 15) is 4.79 Å². The van der Waals surface area contributed by atoms with E-state index in [1.165, 1.54) is 12.8 Å². The lowest BCUT2D eigenvalue weighted by Gasteiger charge is -2.42. The lowest BCUT2D eigenvalue weighted by molar-refractivity contribution is 0.164. The normalized spacial score (nSPS) is 25.6. The summed E-state index contributed by atoms with van der Waals surface area (Å²) in [6.07, 6.45) is 10.4. The third-order valence-corrected chi connectivity index (χ3v) is 8.60. The minimum absolute atomic E-state index is 0.0932. The molecule has 3 heterocycles. The van der Waals surface area contributed by atoms with Crippen LogP contribution in [0.25, 0.3) is 32.9 Å². The summed E-state index contributed by atoms with van der Waals surface area (Å²) in [4.78, 5) is 17.9. The van der Waals surface area contributed by atoms with Crippen LogP contribution in [-0.4, -0.2) is 24.9 Å². The number of pyridine rings is 2. The highest BCUT2D eigenvalue weighted by Gasteiger charge is 2.53. The highest BCUT2D eigenvalue weighted by Crippen LogP contribution is 2.64. The average Bonchev–Trinajstić information content (AvgIpc) is 3.47. The lowest BCUT2D eigenvalue weighted by atomic mass is 9.75. The van der Waals surface area contributed by atoms with Gasteiger partial charge in [-0.25, -0.2) is 4.98 Å². The fourth-order valence-corrected chi connectivity index (χ4v) is 6.46. The van der Waals surface area contributed by atoms with Crippen LogP contribution in [0, 0.1) is 12.3 Å². The van der Waals surface area contributed by atoms with Crippen LogP contribution < -0.4 is 17.0 Å². The lowest BCUT2D eigenvalue weighted by Crippen LogP contribution is -2.49. The van der Waals surface area contributed by atoms with Gasteiger partial charge in [0.05, 0.1) is 16.9 Å². The Morgan fingerprint density at radius 2 is 1.82 bits per heavy atom. The predicted octanol–water partition coefficient (Wildman–Crippen LogP) is 4.47. The number of aromatic nitrogens is 4. The predicted molar refractivity (Wildman–Crippen MR) is 135 cm³/mol. The molecule has 1 spiro atoms. The number of hydrogen-bond acceptors (Lipinski definition) is 5. The third-order valence-electron chi connectivity index (χ3n) is 8.60. The van der Waals surface area contributed by atoms with Crippen molar-refractivity contribution < 1.29 is 0 Å². The Balaban J connectivity index is 1.38. The van der Waals surface area contributed by atoms with Crippen molar-refractivity contribution in [1.29, 1.82) is 0 Å². The van der Waals surface area contributed by atoms with E-state index >= 15 is 0 Å². The summed E-state index contributed by atoms with van der Waals surface area (Å²) in [5.41, 5.74) is 16.9. The summed E-state index contributed by atoms with van der Waals surface area (Å²) in [5.74, 6) is 0.458. The van der Waals surface area contributed by atoms with Gasteiger partial charge >= 0.3 is 0 Å². The fourth-order valence-electron chi connectivity index (χ4n) is 6.46. The molecule has 4 aromatic rings. The number of rotatable bonds is 3. The number of benzene rings is 1. The first-order chi connectivity index (χ1) is 16.2. The standard InChI is InChI=1S/C27H30N6O/c1-15-14-32(17-12-27(13-17)6-7-27)25(34)20-9-16(3-4-19(15)20)23-22-21(5-8-30-24(22)28)33(31-23)18-10-26(2,29)11-18/h3-5,8-9,14,17-18H,6-7,10-13,29H2,1-2H3,(H2,28,30). The second kappa shape index (κ2) is 6.48. The van der Waals surface area contributed by atoms with Crippen LogP contribution in [0.5, 0.6) is 0 Å². The second-order valence-corrected chi connectivity index (χ2v) is 11.4. The number of anilines is 1. The van der Waals surface area contributed by atoms with Crippen LogP contribution in [0.1, 0.15) is 63.1 Å². The summed E-state index contributed by atoms with van der Waals surface area (Å²) in [6.45, 7) is 4.17. The van der Waals surface area contributed by atoms with Crippen molar-refractivity contribution in [2.75, 3.05) is 5.73 Å². The van der Waals surface area contributed by atoms with Crippen molar-refractivity contribution in [1.82, 2.24) is 19.3 Å². The molecular formula is C27H30N6O. The Morgan fingerprint density at radius 3 is 2.53 bits per heavy atom. The molecule has 7 nitrogen and oxygen atoms in total. The molecular weight excluding hydrogens is 424 g/mol. The van der Waals surface area contributed by atoms with Gasteiger partial charge in [-0.3, -0.25) is 9.48 Å². The van der Waals surface area contributed by atoms with E-state index in [1.54, 1.807) is 6.20 Å². The van der Waals surface area contributed by atoms with E-state index in [1.807, 2.05) is 28.8 Å². The monoisotopic (exact) mass is 454 g/mol. The summed E-state index contributed by atoms with van der Waals surface area (Å²) >= 11 is 0. The summed E-state index contributed by atoms with van der Waals surface area (Å²) in [7, 11) is 0. The highest BCUT2D eigenvalue weighted by molar-refractivity contribution is 6.02. The fraction of sp³-hybridized carbons (Fsp3) is 0.444. The van der Waals surface area contributed by atoms with Gasteiger partial charge in [-0.1, -0.05) is 12.1 Å². The molecule has 34 heavy (non-hydrogen) atoms. The van der Waals surface area contributed by atoms with Gasteiger partial charge in [0, 0.05) is 34.9 Å². The van der Waals surface area contributed by atoms with Crippen LogP contribution in [0.3, 0.4) is 0 Å². The van der Waals surface area contributed by atoms with Gasteiger partial charge in [0.2, 0.25) is 0 Å². The van der Waals surface area contributed by atoms with E-state index in [2.05, 4.69) is 29.7 Å². The van der Waals surface area contributed by atoms with E-state index in [-0.39, 0.29) is 17.1 Å². The van der Waals surface area contributed by atoms with E-state index in [4.69, 9.17) is 16.6 Å². The quantitative estimate of drug-likeness (QED) is 0.475. The van der Waals surface area contributed by atoms with Gasteiger partial charge < -0.3 is 16.0 Å². The molecule has 174 valence electrons. The number of nitrogens with two attached hydrogens (primary N) is 2. The first-order valence-corrected chi connectivity index (χ1v) is 12.3. The minimum atomic E-state index is -0.159. The van der Waals surface area contributed by atoms with E-state index in [0.29, 0.717) is 17.3 Å². The van der Waals surface area contributed by atoms with Crippen LogP contribution in [0.2, 0.25) is 0 Å². The Labute approximate surface area is 197 Å². The molecule has 1 aromatic carbocycles. The first kappa shape index (κ1) is 20.2. The molecule has 3 saturated carbocycles. The maximum Gasteiger partial charge on any atom is 0.258 e. The number of aryl methyl sites for hydroxylation is 1. The van der Waals surface area contributed by atoms with Gasteiger partial charge in [-0.05, 0) is 80.9 Å². The van der Waals surface area contributed by atoms with Gasteiger partial charge in [0.15, 0.2) is 0 Å². The Bertz CT molecular complexity index is 1540. The molecule has 7 heteroatoms. The zero-order valence-corrected chi connectivity index (χ0v) is 19.7. The summed E-state index contributed by atoms with van der Waals surface area (Å²) < 4.78 is 4.04. The maximum atomic E-state index is 13.6. The zero-order chi connectivity index (χ0) is 23.4. The number of hydrogen-bond donors (Lipinski definition) is 2. The van der Waals surface area contributed by atoms with E-state index in [0.717, 1.165) is 64.2 Å². The molecule has 3 aliphatic carbocycles. The maximum absolute atomic E-state index is 13.6. The molecule has 3 aliphatic rings. The van der Waals surface area contributed by atoms with Crippen LogP contribution in [0.15, 0.2) is 41.5 Å². The molecule has 7 rings (SSSR count). The Kier molecular flexibility index (Phi) is 3.85. The van der Waals surface area contributed by atoms with E-state index < -0.39 is 0 Å². The number of nitrogen functional groups attached to an aromatic ring is 1. The average molecular weight is 455 g/mol. The first-order valence-electron chi connectivity index (χ1n) is 12.3. The van der Waals surface area contributed by atoms with Crippen molar-refractivity contribution in [2.24, 2.45) is 11.1 Å². The third kappa shape index (κ3) is 2.83. The smallest absolute Gasteiger partial charge is 0.258 e. The largest absolute Gasteiger partial charge is 0.383 e. The molecule has 3 fully saturated rings. The molecule has 0 bridgehead atoms. The molecule has 0 atom stereocenters. The SMILES string of the molecule is Cc1cn(C2CC3(CC3)C2)c(=O)c2cc(-c3nn(C4CC(C)(N)C4)c4ccnc(N)c34)ccc12. The second-order valence-electron chi connectivity index (χ2n) is 11.4. The molecule has 0 amide bonds. The van der Waals surface area contributed by atoms with Crippen molar-refractivity contribution in [2.45, 2.75) is 70.0 Å². The van der Waals surface area contributed by atoms with Crippen LogP contribution in [-0.2, 0) is 0 Å². The molecule has 0 radical (unpaired) electrons. The van der Waals surface area contributed by atoms with Crippen molar-refractivity contribution >= 4 is 27.5 Å². The number of fused-ring (bicyclic) bond motifs is 2. The van der Waals surface area contributed by atoms with Gasteiger partial charge in [0.25, 0.3) is 5.56 Å². The summed E-state index contributed by atoms with van der Waals surface area (Å²) in [5, 5.41) is 7.60. The molecule has 0 unspecified atom stereocenters. The highest BCUT2D eigenvalue weighted by atomic mass is 16.1. The molecule has 3 aromatic heterocycles. The molecule has 0 aliphatic heterocycles. The van der Waals surface area contributed by atoms with Crippen molar-refractivity contribution in [3.05, 3.63) is 52.6 Å². The Hall–Kier alpha value is -3.19. The zero-order valence-electron chi connectivity index (χ0n) is 19.7. The Morgan fingerprint density at radius 1 is 1.06 bits per heavy atom. The molecule has 4 N–H and O–H groups in total. The van der Waals surface area contributed by atoms with Gasteiger partial charge in [-0.15, -0.1) is 0 Å². The van der Waals surface area contributed by atoms with Gasteiger partial charge in [0.1, 0.15) is 11.5 Å². The minimum Gasteiger partial charge on any atom is -0.383 e. The molecule has 0 saturated heterocycles. The van der Waals surface area contributed by atoms with Gasteiger partial charge in [-0.2, -0.15) is 5.10 Å². The van der Waals surface area contributed by atoms with Crippen molar-refractivity contribution in [3.63, 3.8) is 0 Å².